The van der Waals surface area contributed by atoms with Gasteiger partial charge in [-0.3, -0.25) is 9.59 Å². The lowest BCUT2D eigenvalue weighted by molar-refractivity contribution is -0.137. The Bertz CT molecular complexity index is 2580. The lowest BCUT2D eigenvalue weighted by Gasteiger charge is -2.34. The van der Waals surface area contributed by atoms with Gasteiger partial charge in [-0.15, -0.1) is 0 Å². The van der Waals surface area contributed by atoms with Gasteiger partial charge in [0, 0.05) is 50.5 Å². The Morgan fingerprint density at radius 1 is 0.734 bits per heavy atom. The molecule has 0 radical (unpaired) electrons. The molecule has 64 heavy (non-hydrogen) atoms. The Labute approximate surface area is 369 Å². The third-order valence-corrected chi connectivity index (χ3v) is 13.9. The van der Waals surface area contributed by atoms with Gasteiger partial charge in [0.15, 0.2) is 0 Å². The van der Waals surface area contributed by atoms with E-state index in [-0.39, 0.29) is 35.7 Å². The van der Waals surface area contributed by atoms with E-state index >= 15 is 0 Å². The predicted molar refractivity (Wildman–Crippen MR) is 234 cm³/mol. The first-order valence-corrected chi connectivity index (χ1v) is 22.5. The van der Waals surface area contributed by atoms with Gasteiger partial charge in [0.2, 0.25) is 11.8 Å². The van der Waals surface area contributed by atoms with E-state index in [0.29, 0.717) is 77.6 Å². The van der Waals surface area contributed by atoms with Crippen molar-refractivity contribution in [2.75, 3.05) is 53.7 Å². The summed E-state index contributed by atoms with van der Waals surface area (Å²) in [5.74, 6) is 1.87. The van der Waals surface area contributed by atoms with E-state index in [1.165, 1.54) is 14.2 Å². The number of aromatic amines is 2. The first-order valence-electron chi connectivity index (χ1n) is 22.5. The van der Waals surface area contributed by atoms with Gasteiger partial charge in [-0.25, -0.2) is 19.6 Å². The first-order chi connectivity index (χ1) is 31.3. The van der Waals surface area contributed by atoms with E-state index in [1.54, 1.807) is 0 Å². The minimum absolute atomic E-state index is 0.0405. The number of methoxy groups -OCH3 is 2. The molecule has 5 aliphatic rings. The van der Waals surface area contributed by atoms with Crippen molar-refractivity contribution in [3.8, 4) is 28.1 Å². The molecule has 4 saturated heterocycles. The molecule has 0 spiro atoms. The number of likely N-dealkylation sites (tertiary alicyclic amines) is 2. The number of nitrogens with zero attached hydrogens (tertiary/aromatic N) is 4. The first kappa shape index (κ1) is 41.8. The highest BCUT2D eigenvalue weighted by Gasteiger charge is 2.42. The Balaban J connectivity index is 0.879. The van der Waals surface area contributed by atoms with Gasteiger partial charge in [-0.1, -0.05) is 18.2 Å². The predicted octanol–water partition coefficient (Wildman–Crippen LogP) is 6.30. The number of hydrogen-bond acceptors (Lipinski definition) is 11. The minimum Gasteiger partial charge on any atom is -0.488 e. The largest absolute Gasteiger partial charge is 0.488 e. The zero-order chi connectivity index (χ0) is 43.9. The maximum Gasteiger partial charge on any atom is 0.407 e. The SMILES string of the molecule is COC(=O)NC(C(=O)N1CCC[C@H]1c1ncc(-c2ccc3c(c2)COc2cc4c(ccc5[nH]c([C@@H]6CCCN6C(=O)[C@@H](NC(=O)OC)C6CCOCC6)nc54)cc2-3)[nH]1)C1CCOCC1. The van der Waals surface area contributed by atoms with Crippen molar-refractivity contribution in [3.05, 3.63) is 65.9 Å². The molecule has 5 aliphatic heterocycles. The summed E-state index contributed by atoms with van der Waals surface area (Å²) < 4.78 is 27.3. The Hall–Kier alpha value is -6.20. The number of nitrogens with one attached hydrogen (secondary N) is 4. The quantitative estimate of drug-likeness (QED) is 0.130. The van der Waals surface area contributed by atoms with Gasteiger partial charge in [0.1, 0.15) is 36.1 Å². The number of carbonyl (C=O) groups is 4. The highest BCUT2D eigenvalue weighted by atomic mass is 16.5. The van der Waals surface area contributed by atoms with Gasteiger partial charge < -0.3 is 54.1 Å². The molecular weight excluding hydrogens is 821 g/mol. The van der Waals surface area contributed by atoms with Crippen LogP contribution in [0, 0.1) is 11.8 Å². The van der Waals surface area contributed by atoms with Gasteiger partial charge >= 0.3 is 12.2 Å². The maximum absolute atomic E-state index is 14.2. The van der Waals surface area contributed by atoms with Crippen molar-refractivity contribution in [1.29, 1.82) is 0 Å². The highest BCUT2D eigenvalue weighted by Crippen LogP contribution is 2.44. The van der Waals surface area contributed by atoms with Crippen LogP contribution >= 0.6 is 0 Å². The van der Waals surface area contributed by atoms with Crippen molar-refractivity contribution in [2.24, 2.45) is 11.8 Å². The van der Waals surface area contributed by atoms with Crippen LogP contribution in [-0.2, 0) is 35.1 Å². The monoisotopic (exact) mass is 874 g/mol. The normalized spacial score (nSPS) is 21.2. The Kier molecular flexibility index (Phi) is 11.6. The van der Waals surface area contributed by atoms with Gasteiger partial charge in [-0.2, -0.15) is 0 Å². The van der Waals surface area contributed by atoms with E-state index in [9.17, 15) is 19.2 Å². The fraction of sp³-hybridized carbons (Fsp3) is 0.489. The smallest absolute Gasteiger partial charge is 0.407 e. The molecule has 17 nitrogen and oxygen atoms in total. The Morgan fingerprint density at radius 2 is 1.36 bits per heavy atom. The third-order valence-electron chi connectivity index (χ3n) is 13.9. The number of carbonyl (C=O) groups excluding carboxylic acids is 4. The van der Waals surface area contributed by atoms with E-state index in [4.69, 9.17) is 33.7 Å². The summed E-state index contributed by atoms with van der Waals surface area (Å²) in [6.45, 7) is 3.73. The van der Waals surface area contributed by atoms with Gasteiger partial charge in [-0.05, 0) is 110 Å². The molecule has 336 valence electrons. The molecule has 1 unspecified atom stereocenters. The summed E-state index contributed by atoms with van der Waals surface area (Å²) in [6, 6.07) is 12.8. The van der Waals surface area contributed by atoms with Crippen LogP contribution in [0.1, 0.15) is 80.7 Å². The number of amides is 4. The van der Waals surface area contributed by atoms with Crippen LogP contribution < -0.4 is 15.4 Å². The molecule has 3 aromatic carbocycles. The molecule has 7 heterocycles. The van der Waals surface area contributed by atoms with Crippen LogP contribution in [0.5, 0.6) is 5.75 Å². The average molecular weight is 875 g/mol. The number of imidazole rings is 2. The summed E-state index contributed by atoms with van der Waals surface area (Å²) in [5.41, 5.74) is 6.60. The van der Waals surface area contributed by atoms with Gasteiger partial charge in [0.05, 0.1) is 49.2 Å². The van der Waals surface area contributed by atoms with Crippen LogP contribution in [0.3, 0.4) is 0 Å². The van der Waals surface area contributed by atoms with Crippen LogP contribution in [0.2, 0.25) is 0 Å². The summed E-state index contributed by atoms with van der Waals surface area (Å²) >= 11 is 0. The summed E-state index contributed by atoms with van der Waals surface area (Å²) in [7, 11) is 2.62. The topological polar surface area (TPSA) is 202 Å². The number of fused-ring (bicyclic) bond motifs is 6. The van der Waals surface area contributed by atoms with Crippen molar-refractivity contribution >= 4 is 45.8 Å². The second-order valence-electron chi connectivity index (χ2n) is 17.5. The molecule has 0 aliphatic carbocycles. The van der Waals surface area contributed by atoms with Crippen LogP contribution in [0.25, 0.3) is 44.2 Å². The molecular formula is C47H54N8O9. The summed E-state index contributed by atoms with van der Waals surface area (Å²) in [4.78, 5) is 73.6. The molecule has 17 heteroatoms. The van der Waals surface area contributed by atoms with E-state index in [1.807, 2.05) is 22.1 Å². The zero-order valence-electron chi connectivity index (χ0n) is 36.2. The molecule has 4 amide bonds. The molecule has 10 rings (SSSR count). The second-order valence-corrected chi connectivity index (χ2v) is 17.5. The standard InChI is InChI=1S/C47H54N8O9/c1-60-46(58)52-39(26-11-17-62-18-12-26)44(56)54-15-3-5-36(54)42-48-24-35(50-42)29-7-9-31-30(21-29)25-64-38-23-32-28(22-33(31)38)8-10-34-41(32)51-43(49-34)37-6-4-16-55(37)45(57)40(53-47(59)61-2)27-13-19-63-20-14-27/h7-10,21-24,26-27,36-37,39-40H,3-6,11-20,25H2,1-2H3,(H,48,50)(H,49,51)(H,52,58)(H,53,59)/t36-,37-,39?,40-/m0/s1. The van der Waals surface area contributed by atoms with Gasteiger partial charge in [0.25, 0.3) is 0 Å². The molecule has 4 N–H and O–H groups in total. The number of hydrogen-bond donors (Lipinski definition) is 4. The van der Waals surface area contributed by atoms with Crippen LogP contribution in [0.15, 0.2) is 48.7 Å². The van der Waals surface area contributed by atoms with E-state index in [0.717, 1.165) is 87.0 Å². The van der Waals surface area contributed by atoms with Crippen molar-refractivity contribution in [3.63, 3.8) is 0 Å². The molecule has 5 aromatic rings. The lowest BCUT2D eigenvalue weighted by atomic mass is 9.90. The fourth-order valence-electron chi connectivity index (χ4n) is 10.5. The number of aromatic nitrogens is 4. The summed E-state index contributed by atoms with van der Waals surface area (Å²) in [5, 5.41) is 7.62. The number of benzene rings is 3. The molecule has 0 saturated carbocycles. The average Bonchev–Trinajstić information content (AvgIpc) is 4.19. The zero-order valence-corrected chi connectivity index (χ0v) is 36.2. The van der Waals surface area contributed by atoms with Crippen LogP contribution in [-0.4, -0.2) is 120 Å². The minimum atomic E-state index is -0.707. The van der Waals surface area contributed by atoms with E-state index in [2.05, 4.69) is 57.0 Å². The Morgan fingerprint density at radius 3 is 1.98 bits per heavy atom. The van der Waals surface area contributed by atoms with E-state index < -0.39 is 24.3 Å². The number of ether oxygens (including phenoxy) is 5. The fourth-order valence-corrected chi connectivity index (χ4v) is 10.5. The van der Waals surface area contributed by atoms with Crippen LogP contribution in [0.4, 0.5) is 9.59 Å². The second kappa shape index (κ2) is 17.8. The lowest BCUT2D eigenvalue weighted by Crippen LogP contribution is -2.53. The summed E-state index contributed by atoms with van der Waals surface area (Å²) in [6.07, 6.45) is 6.49. The highest BCUT2D eigenvalue weighted by molar-refractivity contribution is 6.07. The number of rotatable bonds is 9. The molecule has 0 bridgehead atoms. The molecule has 4 atom stereocenters. The maximum atomic E-state index is 14.2. The third kappa shape index (κ3) is 7.88. The van der Waals surface area contributed by atoms with Crippen molar-refractivity contribution in [1.82, 2.24) is 40.4 Å². The molecule has 4 fully saturated rings. The van der Waals surface area contributed by atoms with Crippen molar-refractivity contribution < 1.29 is 42.9 Å². The molecule has 2 aromatic heterocycles. The number of H-pyrrole nitrogens is 2. The number of alkyl carbamates (subject to hydrolysis) is 2. The van der Waals surface area contributed by atoms with Crippen molar-refractivity contribution in [2.45, 2.75) is 82.1 Å².